The number of rotatable bonds is 5. The van der Waals surface area contributed by atoms with Gasteiger partial charge in [-0.2, -0.15) is 0 Å². The standard InChI is InChI=1S/C14H14BrClFNOS/c1-2-10(18)14(12-5-6-13(15)20-12)19-11-4-3-8(17)7-9(11)16/h3-7,10,14H,2,18H2,1H3. The van der Waals surface area contributed by atoms with E-state index in [9.17, 15) is 4.39 Å². The van der Waals surface area contributed by atoms with Gasteiger partial charge >= 0.3 is 0 Å². The van der Waals surface area contributed by atoms with Crippen LogP contribution in [0, 0.1) is 5.82 Å². The predicted octanol–water partition coefficient (Wildman–Crippen LogP) is 5.16. The first-order valence-corrected chi connectivity index (χ1v) is 8.12. The van der Waals surface area contributed by atoms with Crippen LogP contribution in [0.2, 0.25) is 5.02 Å². The van der Waals surface area contributed by atoms with Crippen molar-refractivity contribution >= 4 is 38.9 Å². The Hall–Kier alpha value is -0.620. The van der Waals surface area contributed by atoms with Crippen molar-refractivity contribution in [2.75, 3.05) is 0 Å². The second kappa shape index (κ2) is 6.89. The van der Waals surface area contributed by atoms with Crippen molar-refractivity contribution in [3.8, 4) is 5.75 Å². The van der Waals surface area contributed by atoms with Crippen LogP contribution in [0.3, 0.4) is 0 Å². The summed E-state index contributed by atoms with van der Waals surface area (Å²) in [7, 11) is 0. The molecule has 0 radical (unpaired) electrons. The summed E-state index contributed by atoms with van der Waals surface area (Å²) in [6.07, 6.45) is 0.457. The molecule has 1 aromatic heterocycles. The number of thiophene rings is 1. The summed E-state index contributed by atoms with van der Waals surface area (Å²) in [6, 6.07) is 7.82. The topological polar surface area (TPSA) is 35.2 Å². The lowest BCUT2D eigenvalue weighted by Gasteiger charge is -2.23. The van der Waals surface area contributed by atoms with Gasteiger partial charge in [0.25, 0.3) is 0 Å². The molecule has 0 aliphatic carbocycles. The van der Waals surface area contributed by atoms with Gasteiger partial charge in [-0.3, -0.25) is 0 Å². The van der Waals surface area contributed by atoms with E-state index in [1.54, 1.807) is 11.3 Å². The fourth-order valence-electron chi connectivity index (χ4n) is 1.76. The zero-order valence-electron chi connectivity index (χ0n) is 10.8. The minimum Gasteiger partial charge on any atom is -0.482 e. The number of hydrogen-bond donors (Lipinski definition) is 1. The number of benzene rings is 1. The maximum absolute atomic E-state index is 13.1. The highest BCUT2D eigenvalue weighted by Gasteiger charge is 2.23. The Morgan fingerprint density at radius 1 is 1.40 bits per heavy atom. The summed E-state index contributed by atoms with van der Waals surface area (Å²) in [6.45, 7) is 2.00. The van der Waals surface area contributed by atoms with Gasteiger partial charge in [0.05, 0.1) is 8.81 Å². The summed E-state index contributed by atoms with van der Waals surface area (Å²) in [4.78, 5) is 1.01. The van der Waals surface area contributed by atoms with E-state index in [2.05, 4.69) is 15.9 Å². The average molecular weight is 379 g/mol. The van der Waals surface area contributed by atoms with Crippen molar-refractivity contribution in [2.45, 2.75) is 25.5 Å². The van der Waals surface area contributed by atoms with E-state index in [0.717, 1.165) is 15.1 Å². The minimum atomic E-state index is -0.391. The number of hydrogen-bond acceptors (Lipinski definition) is 3. The third kappa shape index (κ3) is 3.73. The first-order valence-electron chi connectivity index (χ1n) is 6.13. The summed E-state index contributed by atoms with van der Waals surface area (Å²) in [5.41, 5.74) is 6.14. The van der Waals surface area contributed by atoms with Crippen LogP contribution in [-0.2, 0) is 0 Å². The van der Waals surface area contributed by atoms with Gasteiger partial charge in [-0.1, -0.05) is 18.5 Å². The van der Waals surface area contributed by atoms with E-state index in [0.29, 0.717) is 5.75 Å². The molecule has 2 unspecified atom stereocenters. The first-order chi connectivity index (χ1) is 9.51. The Morgan fingerprint density at radius 2 is 2.15 bits per heavy atom. The van der Waals surface area contributed by atoms with Crippen LogP contribution in [0.4, 0.5) is 4.39 Å². The van der Waals surface area contributed by atoms with E-state index < -0.39 is 5.82 Å². The van der Waals surface area contributed by atoms with Gasteiger partial charge in [0.1, 0.15) is 17.7 Å². The monoisotopic (exact) mass is 377 g/mol. The molecule has 2 N–H and O–H groups in total. The molecule has 0 fully saturated rings. The molecule has 0 aliphatic rings. The quantitative estimate of drug-likeness (QED) is 0.780. The third-order valence-corrected chi connectivity index (χ3v) is 4.86. The molecule has 2 nitrogen and oxygen atoms in total. The summed E-state index contributed by atoms with van der Waals surface area (Å²) >= 11 is 11.0. The van der Waals surface area contributed by atoms with E-state index in [1.807, 2.05) is 19.1 Å². The maximum Gasteiger partial charge on any atom is 0.148 e. The van der Waals surface area contributed by atoms with Gasteiger partial charge in [-0.25, -0.2) is 4.39 Å². The fraction of sp³-hybridized carbons (Fsp3) is 0.286. The number of nitrogens with two attached hydrogens (primary N) is 1. The molecular formula is C14H14BrClFNOS. The van der Waals surface area contributed by atoms with Gasteiger partial charge in [0.15, 0.2) is 0 Å². The van der Waals surface area contributed by atoms with Crippen molar-refractivity contribution < 1.29 is 9.13 Å². The maximum atomic E-state index is 13.1. The SMILES string of the molecule is CCC(N)C(Oc1ccc(F)cc1Cl)c1ccc(Br)s1. The smallest absolute Gasteiger partial charge is 0.148 e. The average Bonchev–Trinajstić information content (AvgIpc) is 2.83. The molecule has 0 spiro atoms. The molecule has 0 saturated heterocycles. The summed E-state index contributed by atoms with van der Waals surface area (Å²) in [5, 5.41) is 0.244. The van der Waals surface area contributed by atoms with Crippen LogP contribution in [-0.4, -0.2) is 6.04 Å². The molecule has 1 aromatic carbocycles. The highest BCUT2D eigenvalue weighted by Crippen LogP contribution is 2.35. The molecule has 0 aliphatic heterocycles. The minimum absolute atomic E-state index is 0.165. The van der Waals surface area contributed by atoms with Gasteiger partial charge in [0.2, 0.25) is 0 Å². The van der Waals surface area contributed by atoms with Crippen LogP contribution >= 0.6 is 38.9 Å². The normalized spacial score (nSPS) is 14.1. The van der Waals surface area contributed by atoms with E-state index in [-0.39, 0.29) is 17.2 Å². The lowest BCUT2D eigenvalue weighted by molar-refractivity contribution is 0.174. The predicted molar refractivity (Wildman–Crippen MR) is 85.1 cm³/mol. The van der Waals surface area contributed by atoms with E-state index in [1.165, 1.54) is 18.2 Å². The Kier molecular flexibility index (Phi) is 5.43. The van der Waals surface area contributed by atoms with Gasteiger partial charge in [0, 0.05) is 10.9 Å². The second-order valence-corrected chi connectivity index (χ2v) is 7.23. The van der Waals surface area contributed by atoms with Crippen molar-refractivity contribution in [3.63, 3.8) is 0 Å². The second-order valence-electron chi connectivity index (χ2n) is 4.33. The lowest BCUT2D eigenvalue weighted by Crippen LogP contribution is -2.31. The van der Waals surface area contributed by atoms with Crippen LogP contribution in [0.15, 0.2) is 34.1 Å². The molecule has 0 saturated carbocycles. The zero-order chi connectivity index (χ0) is 14.7. The molecular weight excluding hydrogens is 365 g/mol. The van der Waals surface area contributed by atoms with E-state index in [4.69, 9.17) is 22.1 Å². The fourth-order valence-corrected chi connectivity index (χ4v) is 3.50. The van der Waals surface area contributed by atoms with E-state index >= 15 is 0 Å². The molecule has 2 aromatic rings. The zero-order valence-corrected chi connectivity index (χ0v) is 13.9. The highest BCUT2D eigenvalue weighted by atomic mass is 79.9. The number of halogens is 3. The van der Waals surface area contributed by atoms with Crippen molar-refractivity contribution in [1.82, 2.24) is 0 Å². The van der Waals surface area contributed by atoms with Crippen molar-refractivity contribution in [3.05, 3.63) is 49.8 Å². The Morgan fingerprint density at radius 3 is 2.70 bits per heavy atom. The molecule has 108 valence electrons. The van der Waals surface area contributed by atoms with Gasteiger partial charge in [-0.05, 0) is 52.7 Å². The largest absolute Gasteiger partial charge is 0.482 e. The van der Waals surface area contributed by atoms with Gasteiger partial charge in [-0.15, -0.1) is 11.3 Å². The molecule has 0 amide bonds. The molecule has 2 rings (SSSR count). The first kappa shape index (κ1) is 15.8. The highest BCUT2D eigenvalue weighted by molar-refractivity contribution is 9.11. The van der Waals surface area contributed by atoms with Crippen LogP contribution in [0.1, 0.15) is 24.3 Å². The number of ether oxygens (including phenoxy) is 1. The van der Waals surface area contributed by atoms with Crippen LogP contribution in [0.5, 0.6) is 5.75 Å². The molecule has 6 heteroatoms. The molecule has 20 heavy (non-hydrogen) atoms. The summed E-state index contributed by atoms with van der Waals surface area (Å²) in [5.74, 6) is 0.0454. The Labute approximate surface area is 134 Å². The van der Waals surface area contributed by atoms with Crippen molar-refractivity contribution in [1.29, 1.82) is 0 Å². The lowest BCUT2D eigenvalue weighted by atomic mass is 10.1. The Bertz CT molecular complexity index is 592. The van der Waals surface area contributed by atoms with Crippen molar-refractivity contribution in [2.24, 2.45) is 5.73 Å². The van der Waals surface area contributed by atoms with Crippen LogP contribution in [0.25, 0.3) is 0 Å². The third-order valence-electron chi connectivity index (χ3n) is 2.88. The van der Waals surface area contributed by atoms with Gasteiger partial charge < -0.3 is 10.5 Å². The molecule has 2 atom stereocenters. The summed E-state index contributed by atoms with van der Waals surface area (Å²) < 4.78 is 20.0. The molecule has 1 heterocycles. The van der Waals surface area contributed by atoms with Crippen LogP contribution < -0.4 is 10.5 Å². The molecule has 0 bridgehead atoms. The Balaban J connectivity index is 2.28.